The molecule has 2 aromatic heterocycles. The number of benzene rings is 1. The molecule has 0 fully saturated rings. The monoisotopic (exact) mass is 325 g/mol. The lowest BCUT2D eigenvalue weighted by molar-refractivity contribution is 0.270. The van der Waals surface area contributed by atoms with E-state index in [0.29, 0.717) is 6.54 Å². The molecular formula is C18H19N3OS. The van der Waals surface area contributed by atoms with E-state index in [-0.39, 0.29) is 6.61 Å². The van der Waals surface area contributed by atoms with Gasteiger partial charge < -0.3 is 9.67 Å². The van der Waals surface area contributed by atoms with Crippen molar-refractivity contribution in [2.75, 3.05) is 0 Å². The smallest absolute Gasteiger partial charge is 0.168 e. The van der Waals surface area contributed by atoms with Gasteiger partial charge in [0.05, 0.1) is 25.0 Å². The van der Waals surface area contributed by atoms with Crippen LogP contribution in [-0.4, -0.2) is 19.6 Å². The predicted octanol–water partition coefficient (Wildman–Crippen LogP) is 3.42. The van der Waals surface area contributed by atoms with Crippen LogP contribution >= 0.6 is 11.8 Å². The third-order valence-corrected chi connectivity index (χ3v) is 4.67. The maximum Gasteiger partial charge on any atom is 0.168 e. The Kier molecular flexibility index (Phi) is 5.10. The number of aliphatic hydroxyl groups is 1. The summed E-state index contributed by atoms with van der Waals surface area (Å²) in [5, 5.41) is 10.5. The lowest BCUT2D eigenvalue weighted by Gasteiger charge is -2.11. The highest BCUT2D eigenvalue weighted by molar-refractivity contribution is 7.98. The number of pyridine rings is 1. The Morgan fingerprint density at radius 2 is 1.96 bits per heavy atom. The van der Waals surface area contributed by atoms with Gasteiger partial charge in [0.25, 0.3) is 0 Å². The number of aryl methyl sites for hydroxylation is 1. The zero-order valence-electron chi connectivity index (χ0n) is 13.0. The first-order valence-electron chi connectivity index (χ1n) is 7.49. The molecule has 0 atom stereocenters. The number of imidazole rings is 1. The predicted molar refractivity (Wildman–Crippen MR) is 92.2 cm³/mol. The van der Waals surface area contributed by atoms with E-state index in [9.17, 15) is 5.11 Å². The topological polar surface area (TPSA) is 50.9 Å². The van der Waals surface area contributed by atoms with Crippen LogP contribution in [0, 0.1) is 6.92 Å². The molecule has 0 radical (unpaired) electrons. The summed E-state index contributed by atoms with van der Waals surface area (Å²) in [6.45, 7) is 2.78. The van der Waals surface area contributed by atoms with Crippen molar-refractivity contribution in [2.24, 2.45) is 0 Å². The van der Waals surface area contributed by atoms with E-state index in [1.165, 1.54) is 11.1 Å². The Labute approximate surface area is 140 Å². The van der Waals surface area contributed by atoms with E-state index in [1.54, 1.807) is 30.4 Å². The van der Waals surface area contributed by atoms with Gasteiger partial charge in [-0.15, -0.1) is 0 Å². The maximum absolute atomic E-state index is 9.55. The summed E-state index contributed by atoms with van der Waals surface area (Å²) < 4.78 is 2.07. The summed E-state index contributed by atoms with van der Waals surface area (Å²) in [6.07, 6.45) is 5.31. The molecule has 2 heterocycles. The van der Waals surface area contributed by atoms with Crippen molar-refractivity contribution in [3.05, 3.63) is 77.4 Å². The average molecular weight is 325 g/mol. The summed E-state index contributed by atoms with van der Waals surface area (Å²) in [4.78, 5) is 8.52. The van der Waals surface area contributed by atoms with Crippen LogP contribution in [0.5, 0.6) is 0 Å². The molecule has 0 saturated heterocycles. The van der Waals surface area contributed by atoms with Gasteiger partial charge >= 0.3 is 0 Å². The molecule has 0 aliphatic heterocycles. The molecule has 1 N–H and O–H groups in total. The van der Waals surface area contributed by atoms with E-state index in [2.05, 4.69) is 45.7 Å². The van der Waals surface area contributed by atoms with Gasteiger partial charge in [0.15, 0.2) is 5.16 Å². The van der Waals surface area contributed by atoms with Gasteiger partial charge in [-0.2, -0.15) is 0 Å². The van der Waals surface area contributed by atoms with Gasteiger partial charge in [0.2, 0.25) is 0 Å². The second-order valence-electron chi connectivity index (χ2n) is 5.41. The maximum atomic E-state index is 9.55. The molecule has 0 saturated carbocycles. The molecule has 4 nitrogen and oxygen atoms in total. The number of rotatable bonds is 6. The largest absolute Gasteiger partial charge is 0.390 e. The van der Waals surface area contributed by atoms with Crippen molar-refractivity contribution in [1.29, 1.82) is 0 Å². The lowest BCUT2D eigenvalue weighted by atomic mass is 10.2. The van der Waals surface area contributed by atoms with Crippen LogP contribution in [0.4, 0.5) is 0 Å². The summed E-state index contributed by atoms with van der Waals surface area (Å²) in [5.74, 6) is 0.861. The quantitative estimate of drug-likeness (QED) is 0.706. The van der Waals surface area contributed by atoms with Crippen LogP contribution in [0.15, 0.2) is 60.1 Å². The zero-order chi connectivity index (χ0) is 16.1. The minimum Gasteiger partial charge on any atom is -0.390 e. The van der Waals surface area contributed by atoms with Crippen LogP contribution in [0.1, 0.15) is 22.4 Å². The summed E-state index contributed by atoms with van der Waals surface area (Å²) in [7, 11) is 0. The van der Waals surface area contributed by atoms with Crippen LogP contribution in [0.2, 0.25) is 0 Å². The first-order valence-corrected chi connectivity index (χ1v) is 8.47. The van der Waals surface area contributed by atoms with Crippen molar-refractivity contribution in [3.8, 4) is 0 Å². The SMILES string of the molecule is Cc1cccc(CSc2ncc(CO)n2Cc2ccncc2)c1. The van der Waals surface area contributed by atoms with E-state index >= 15 is 0 Å². The summed E-state index contributed by atoms with van der Waals surface area (Å²) in [6, 6.07) is 12.5. The van der Waals surface area contributed by atoms with Crippen molar-refractivity contribution in [3.63, 3.8) is 0 Å². The zero-order valence-corrected chi connectivity index (χ0v) is 13.8. The molecule has 1 aromatic carbocycles. The molecule has 0 bridgehead atoms. The van der Waals surface area contributed by atoms with E-state index in [4.69, 9.17) is 0 Å². The Morgan fingerprint density at radius 3 is 2.70 bits per heavy atom. The minimum absolute atomic E-state index is 0.0108. The van der Waals surface area contributed by atoms with Gasteiger partial charge in [-0.25, -0.2) is 4.98 Å². The van der Waals surface area contributed by atoms with Crippen molar-refractivity contribution < 1.29 is 5.11 Å². The second kappa shape index (κ2) is 7.44. The normalized spacial score (nSPS) is 10.9. The fourth-order valence-corrected chi connectivity index (χ4v) is 3.36. The van der Waals surface area contributed by atoms with Crippen LogP contribution in [0.3, 0.4) is 0 Å². The molecule has 0 aliphatic rings. The van der Waals surface area contributed by atoms with E-state index < -0.39 is 0 Å². The Balaban J connectivity index is 1.78. The Morgan fingerprint density at radius 1 is 1.13 bits per heavy atom. The van der Waals surface area contributed by atoms with Gasteiger partial charge in [0, 0.05) is 18.1 Å². The molecule has 118 valence electrons. The van der Waals surface area contributed by atoms with Gasteiger partial charge in [-0.05, 0) is 30.2 Å². The number of hydrogen-bond donors (Lipinski definition) is 1. The average Bonchev–Trinajstić information content (AvgIpc) is 2.96. The standard InChI is InChI=1S/C18H19N3OS/c1-14-3-2-4-16(9-14)13-23-18-20-10-17(12-22)21(18)11-15-5-7-19-8-6-15/h2-10,22H,11-13H2,1H3. The number of hydrogen-bond acceptors (Lipinski definition) is 4. The molecular weight excluding hydrogens is 306 g/mol. The van der Waals surface area contributed by atoms with Crippen LogP contribution < -0.4 is 0 Å². The van der Waals surface area contributed by atoms with Crippen molar-refractivity contribution in [2.45, 2.75) is 31.0 Å². The lowest BCUT2D eigenvalue weighted by Crippen LogP contribution is -2.06. The van der Waals surface area contributed by atoms with Gasteiger partial charge in [0.1, 0.15) is 0 Å². The highest BCUT2D eigenvalue weighted by Gasteiger charge is 2.11. The fraction of sp³-hybridized carbons (Fsp3) is 0.222. The van der Waals surface area contributed by atoms with E-state index in [0.717, 1.165) is 22.2 Å². The number of thioether (sulfide) groups is 1. The van der Waals surface area contributed by atoms with Gasteiger partial charge in [-0.3, -0.25) is 4.98 Å². The van der Waals surface area contributed by atoms with Crippen molar-refractivity contribution >= 4 is 11.8 Å². The molecule has 5 heteroatoms. The summed E-state index contributed by atoms with van der Waals surface area (Å²) >= 11 is 1.69. The van der Waals surface area contributed by atoms with Crippen LogP contribution in [-0.2, 0) is 18.9 Å². The van der Waals surface area contributed by atoms with Crippen LogP contribution in [0.25, 0.3) is 0 Å². The molecule has 0 spiro atoms. The molecule has 3 aromatic rings. The fourth-order valence-electron chi connectivity index (χ4n) is 2.42. The third-order valence-electron chi connectivity index (χ3n) is 3.60. The second-order valence-corrected chi connectivity index (χ2v) is 6.35. The van der Waals surface area contributed by atoms with Crippen molar-refractivity contribution in [1.82, 2.24) is 14.5 Å². The highest BCUT2D eigenvalue weighted by atomic mass is 32.2. The number of nitrogens with zero attached hydrogens (tertiary/aromatic N) is 3. The molecule has 0 aliphatic carbocycles. The number of aliphatic hydroxyl groups excluding tert-OH is 1. The number of aromatic nitrogens is 3. The first kappa shape index (κ1) is 15.8. The Bertz CT molecular complexity index is 771. The molecule has 0 amide bonds. The Hall–Kier alpha value is -2.11. The molecule has 23 heavy (non-hydrogen) atoms. The first-order chi connectivity index (χ1) is 11.3. The van der Waals surface area contributed by atoms with Gasteiger partial charge in [-0.1, -0.05) is 41.6 Å². The minimum atomic E-state index is -0.0108. The third kappa shape index (κ3) is 4.00. The summed E-state index contributed by atoms with van der Waals surface area (Å²) in [5.41, 5.74) is 4.51. The highest BCUT2D eigenvalue weighted by Crippen LogP contribution is 2.24. The molecule has 3 rings (SSSR count). The molecule has 0 unspecified atom stereocenters. The van der Waals surface area contributed by atoms with E-state index in [1.807, 2.05) is 12.1 Å².